The molecule has 1 fully saturated rings. The maximum Gasteiger partial charge on any atom is 0.261 e. The van der Waals surface area contributed by atoms with Gasteiger partial charge in [-0.25, -0.2) is 0 Å². The number of carbonyl (C=O) groups excluding carboxylic acids is 1. The molecule has 1 aromatic carbocycles. The van der Waals surface area contributed by atoms with E-state index in [0.717, 1.165) is 12.0 Å². The minimum absolute atomic E-state index is 0. The second-order valence-electron chi connectivity index (χ2n) is 5.96. The van der Waals surface area contributed by atoms with Crippen molar-refractivity contribution < 1.29 is 14.1 Å². The average Bonchev–Trinajstić information content (AvgIpc) is 3.22. The molecule has 1 aliphatic rings. The molecule has 1 aliphatic heterocycles. The lowest BCUT2D eigenvalue weighted by Gasteiger charge is -2.16. The van der Waals surface area contributed by atoms with E-state index in [1.54, 1.807) is 36.3 Å². The molecule has 7 nitrogen and oxygen atoms in total. The van der Waals surface area contributed by atoms with Crippen LogP contribution in [0.1, 0.15) is 16.8 Å². The third-order valence-electron chi connectivity index (χ3n) is 4.12. The standard InChI is InChI=1S/C17H21ClN4O3.ClH/c1-24-9-7-20-16-14(17(23)22-8-6-13(19)10-22)15(25-21-16)11-2-4-12(18)5-3-11;/h2-5,13H,6-10,19H2,1H3,(H,20,21);1H/t13-;/m0./s1. The van der Waals surface area contributed by atoms with E-state index in [-0.39, 0.29) is 24.4 Å². The van der Waals surface area contributed by atoms with Crippen LogP contribution < -0.4 is 11.1 Å². The highest BCUT2D eigenvalue weighted by atomic mass is 35.5. The third kappa shape index (κ3) is 4.48. The number of amides is 1. The van der Waals surface area contributed by atoms with Gasteiger partial charge in [0.05, 0.1) is 6.61 Å². The molecule has 142 valence electrons. The van der Waals surface area contributed by atoms with Crippen LogP contribution in [0.25, 0.3) is 11.3 Å². The fraction of sp³-hybridized carbons (Fsp3) is 0.412. The van der Waals surface area contributed by atoms with Crippen molar-refractivity contribution in [1.82, 2.24) is 10.1 Å². The van der Waals surface area contributed by atoms with Gasteiger partial charge >= 0.3 is 0 Å². The summed E-state index contributed by atoms with van der Waals surface area (Å²) < 4.78 is 10.5. The number of ether oxygens (including phenoxy) is 1. The van der Waals surface area contributed by atoms with Crippen LogP contribution in [-0.4, -0.2) is 55.4 Å². The Morgan fingerprint density at radius 2 is 2.19 bits per heavy atom. The highest BCUT2D eigenvalue weighted by Gasteiger charge is 2.31. The van der Waals surface area contributed by atoms with Crippen molar-refractivity contribution in [2.75, 3.05) is 38.7 Å². The summed E-state index contributed by atoms with van der Waals surface area (Å²) in [6, 6.07) is 7.10. The zero-order chi connectivity index (χ0) is 17.8. The van der Waals surface area contributed by atoms with Crippen molar-refractivity contribution in [3.05, 3.63) is 34.9 Å². The van der Waals surface area contributed by atoms with Crippen LogP contribution in [0, 0.1) is 0 Å². The molecule has 3 rings (SSSR count). The molecule has 2 aromatic rings. The van der Waals surface area contributed by atoms with E-state index in [1.165, 1.54) is 0 Å². The zero-order valence-electron chi connectivity index (χ0n) is 14.4. The number of anilines is 1. The van der Waals surface area contributed by atoms with Crippen molar-refractivity contribution in [3.8, 4) is 11.3 Å². The Bertz CT molecular complexity index is 736. The summed E-state index contributed by atoms with van der Waals surface area (Å²) in [4.78, 5) is 14.8. The molecule has 3 N–H and O–H groups in total. The molecule has 0 aliphatic carbocycles. The lowest BCUT2D eigenvalue weighted by Crippen LogP contribution is -2.32. The Morgan fingerprint density at radius 3 is 2.81 bits per heavy atom. The number of halogens is 2. The number of carbonyl (C=O) groups is 1. The number of nitrogens with two attached hydrogens (primary N) is 1. The van der Waals surface area contributed by atoms with Crippen LogP contribution in [0.2, 0.25) is 5.02 Å². The van der Waals surface area contributed by atoms with E-state index < -0.39 is 0 Å². The summed E-state index contributed by atoms with van der Waals surface area (Å²) in [6.45, 7) is 2.17. The largest absolute Gasteiger partial charge is 0.383 e. The molecular weight excluding hydrogens is 379 g/mol. The molecule has 1 atom stereocenters. The topological polar surface area (TPSA) is 93.6 Å². The third-order valence-corrected chi connectivity index (χ3v) is 4.37. The van der Waals surface area contributed by atoms with Gasteiger partial charge < -0.3 is 25.2 Å². The number of rotatable bonds is 6. The Morgan fingerprint density at radius 1 is 1.46 bits per heavy atom. The second-order valence-corrected chi connectivity index (χ2v) is 6.40. The van der Waals surface area contributed by atoms with Crippen molar-refractivity contribution in [3.63, 3.8) is 0 Å². The minimum atomic E-state index is -0.140. The number of nitrogens with one attached hydrogen (secondary N) is 1. The van der Waals surface area contributed by atoms with Gasteiger partial charge in [0.25, 0.3) is 5.91 Å². The SMILES string of the molecule is COCCNc1noc(-c2ccc(Cl)cc2)c1C(=O)N1CC[C@H](N)C1.Cl. The number of aromatic nitrogens is 1. The van der Waals surface area contributed by atoms with Gasteiger partial charge in [-0.2, -0.15) is 0 Å². The Labute approximate surface area is 163 Å². The summed E-state index contributed by atoms with van der Waals surface area (Å²) in [5, 5.41) is 7.75. The molecule has 1 amide bonds. The van der Waals surface area contributed by atoms with Crippen molar-refractivity contribution in [1.29, 1.82) is 0 Å². The molecule has 0 bridgehead atoms. The van der Waals surface area contributed by atoms with Gasteiger partial charge in [0.1, 0.15) is 5.56 Å². The normalized spacial score (nSPS) is 16.4. The van der Waals surface area contributed by atoms with Gasteiger partial charge in [0.15, 0.2) is 11.6 Å². The quantitative estimate of drug-likeness (QED) is 0.723. The first-order valence-electron chi connectivity index (χ1n) is 8.13. The smallest absolute Gasteiger partial charge is 0.261 e. The van der Waals surface area contributed by atoms with E-state index in [9.17, 15) is 4.79 Å². The van der Waals surface area contributed by atoms with Crippen LogP contribution >= 0.6 is 24.0 Å². The van der Waals surface area contributed by atoms with Gasteiger partial charge in [0.2, 0.25) is 0 Å². The molecule has 1 saturated heterocycles. The minimum Gasteiger partial charge on any atom is -0.383 e. The first kappa shape index (κ1) is 20.5. The Kier molecular flexibility index (Phi) is 7.28. The van der Waals surface area contributed by atoms with Gasteiger partial charge in [-0.05, 0) is 30.7 Å². The van der Waals surface area contributed by atoms with Crippen LogP contribution in [0.4, 0.5) is 5.82 Å². The molecule has 2 heterocycles. The Hall–Kier alpha value is -1.80. The van der Waals surface area contributed by atoms with Crippen LogP contribution in [0.15, 0.2) is 28.8 Å². The van der Waals surface area contributed by atoms with E-state index in [0.29, 0.717) is 48.4 Å². The molecule has 0 unspecified atom stereocenters. The van der Waals surface area contributed by atoms with Gasteiger partial charge in [-0.1, -0.05) is 16.8 Å². The number of hydrogen-bond donors (Lipinski definition) is 2. The number of benzene rings is 1. The summed E-state index contributed by atoms with van der Waals surface area (Å²) in [5.41, 5.74) is 7.09. The van der Waals surface area contributed by atoms with Gasteiger partial charge in [-0.3, -0.25) is 4.79 Å². The molecule has 0 radical (unpaired) electrons. The van der Waals surface area contributed by atoms with Gasteiger partial charge in [0, 0.05) is 43.4 Å². The molecule has 0 saturated carbocycles. The van der Waals surface area contributed by atoms with Crippen LogP contribution in [-0.2, 0) is 4.74 Å². The Balaban J connectivity index is 0.00000243. The highest BCUT2D eigenvalue weighted by Crippen LogP contribution is 2.32. The van der Waals surface area contributed by atoms with Crippen LogP contribution in [0.5, 0.6) is 0 Å². The maximum absolute atomic E-state index is 13.0. The first-order valence-corrected chi connectivity index (χ1v) is 8.51. The average molecular weight is 401 g/mol. The van der Waals surface area contributed by atoms with E-state index in [1.807, 2.05) is 0 Å². The molecule has 1 aromatic heterocycles. The number of nitrogens with zero attached hydrogens (tertiary/aromatic N) is 2. The monoisotopic (exact) mass is 400 g/mol. The van der Waals surface area contributed by atoms with E-state index >= 15 is 0 Å². The summed E-state index contributed by atoms with van der Waals surface area (Å²) in [5.74, 6) is 0.689. The van der Waals surface area contributed by atoms with Crippen molar-refractivity contribution in [2.45, 2.75) is 12.5 Å². The zero-order valence-corrected chi connectivity index (χ0v) is 16.0. The highest BCUT2D eigenvalue weighted by molar-refractivity contribution is 6.30. The molecule has 0 spiro atoms. The predicted octanol–water partition coefficient (Wildman–Crippen LogP) is 2.65. The first-order chi connectivity index (χ1) is 12.1. The van der Waals surface area contributed by atoms with Gasteiger partial charge in [-0.15, -0.1) is 12.4 Å². The lowest BCUT2D eigenvalue weighted by atomic mass is 10.1. The number of likely N-dealkylation sites (tertiary alicyclic amines) is 1. The molecule has 26 heavy (non-hydrogen) atoms. The van der Waals surface area contributed by atoms with Crippen molar-refractivity contribution in [2.24, 2.45) is 5.73 Å². The fourth-order valence-corrected chi connectivity index (χ4v) is 2.93. The summed E-state index contributed by atoms with van der Waals surface area (Å²) >= 11 is 5.95. The molecule has 9 heteroatoms. The second kappa shape index (κ2) is 9.23. The lowest BCUT2D eigenvalue weighted by molar-refractivity contribution is 0.0792. The van der Waals surface area contributed by atoms with Crippen molar-refractivity contribution >= 4 is 35.7 Å². The van der Waals surface area contributed by atoms with E-state index in [2.05, 4.69) is 10.5 Å². The van der Waals surface area contributed by atoms with Crippen LogP contribution in [0.3, 0.4) is 0 Å². The van der Waals surface area contributed by atoms with E-state index in [4.69, 9.17) is 26.6 Å². The summed E-state index contributed by atoms with van der Waals surface area (Å²) in [7, 11) is 1.61. The molecular formula is C17H22Cl2N4O3. The predicted molar refractivity (Wildman–Crippen MR) is 103 cm³/mol. The number of methoxy groups -OCH3 is 1. The summed E-state index contributed by atoms with van der Waals surface area (Å²) in [6.07, 6.45) is 0.791. The number of hydrogen-bond acceptors (Lipinski definition) is 6. The fourth-order valence-electron chi connectivity index (χ4n) is 2.81. The maximum atomic E-state index is 13.0.